The number of benzene rings is 1. The number of aromatic amines is 1. The van der Waals surface area contributed by atoms with Crippen molar-refractivity contribution in [2.75, 3.05) is 5.32 Å². The van der Waals surface area contributed by atoms with E-state index in [0.717, 1.165) is 47.3 Å². The Morgan fingerprint density at radius 1 is 1.10 bits per heavy atom. The number of carbonyl (C=O) groups excluding carboxylic acids is 1. The van der Waals surface area contributed by atoms with Crippen LogP contribution in [0.25, 0.3) is 0 Å². The van der Waals surface area contributed by atoms with E-state index < -0.39 is 0 Å². The second kappa shape index (κ2) is 5.20. The average Bonchev–Trinajstić information content (AvgIpc) is 2.83. The van der Waals surface area contributed by atoms with E-state index in [9.17, 15) is 9.59 Å². The Morgan fingerprint density at radius 3 is 2.52 bits per heavy atom. The number of fused-ring (bicyclic) bond motifs is 1. The van der Waals surface area contributed by atoms with Crippen LogP contribution in [-0.2, 0) is 12.8 Å². The van der Waals surface area contributed by atoms with Crippen LogP contribution in [0.15, 0.2) is 29.1 Å². The van der Waals surface area contributed by atoms with Crippen LogP contribution < -0.4 is 10.9 Å². The van der Waals surface area contributed by atoms with Gasteiger partial charge in [0, 0.05) is 11.4 Å². The second-order valence-electron chi connectivity index (χ2n) is 5.70. The number of hydrogen-bond acceptors (Lipinski definition) is 2. The Kier molecular flexibility index (Phi) is 3.37. The molecule has 4 nitrogen and oxygen atoms in total. The van der Waals surface area contributed by atoms with Crippen LogP contribution in [0, 0.1) is 13.8 Å². The van der Waals surface area contributed by atoms with Gasteiger partial charge in [0.15, 0.2) is 0 Å². The molecule has 2 aromatic rings. The fourth-order valence-corrected chi connectivity index (χ4v) is 2.93. The van der Waals surface area contributed by atoms with Gasteiger partial charge in [-0.15, -0.1) is 0 Å². The lowest BCUT2D eigenvalue weighted by atomic mass is 10.1. The number of pyridine rings is 1. The minimum atomic E-state index is -0.351. The highest BCUT2D eigenvalue weighted by Gasteiger charge is 2.18. The molecule has 21 heavy (non-hydrogen) atoms. The van der Waals surface area contributed by atoms with Crippen molar-refractivity contribution in [1.29, 1.82) is 0 Å². The molecule has 0 radical (unpaired) electrons. The number of rotatable bonds is 2. The first-order chi connectivity index (χ1) is 10.0. The molecule has 0 saturated carbocycles. The van der Waals surface area contributed by atoms with Gasteiger partial charge in [0.2, 0.25) is 0 Å². The van der Waals surface area contributed by atoms with Crippen molar-refractivity contribution in [2.24, 2.45) is 0 Å². The third-order valence-electron chi connectivity index (χ3n) is 3.81. The molecule has 1 heterocycles. The Hall–Kier alpha value is -2.36. The molecule has 0 unspecified atom stereocenters. The van der Waals surface area contributed by atoms with Gasteiger partial charge < -0.3 is 10.3 Å². The normalized spacial score (nSPS) is 13.0. The van der Waals surface area contributed by atoms with E-state index in [1.165, 1.54) is 0 Å². The molecular weight excluding hydrogens is 264 g/mol. The number of aromatic nitrogens is 1. The summed E-state index contributed by atoms with van der Waals surface area (Å²) in [4.78, 5) is 27.2. The summed E-state index contributed by atoms with van der Waals surface area (Å²) in [6, 6.07) is 7.57. The topological polar surface area (TPSA) is 62.0 Å². The number of amides is 1. The second-order valence-corrected chi connectivity index (χ2v) is 5.70. The standard InChI is InChI=1S/C17H18N2O2/c1-10-6-11(2)8-13(7-10)18-16(20)14-9-12-4-3-5-15(12)19-17(14)21/h6-9H,3-5H2,1-2H3,(H,18,20)(H,19,21). The SMILES string of the molecule is Cc1cc(C)cc(NC(=O)c2cc3c([nH]c2=O)CCC3)c1. The third kappa shape index (κ3) is 2.75. The van der Waals surface area contributed by atoms with E-state index in [-0.39, 0.29) is 17.0 Å². The summed E-state index contributed by atoms with van der Waals surface area (Å²) in [5, 5.41) is 2.81. The molecule has 1 aliphatic carbocycles. The quantitative estimate of drug-likeness (QED) is 0.889. The predicted molar refractivity (Wildman–Crippen MR) is 83.0 cm³/mol. The van der Waals surface area contributed by atoms with Crippen LogP contribution in [0.5, 0.6) is 0 Å². The van der Waals surface area contributed by atoms with Gasteiger partial charge in [-0.05, 0) is 68.0 Å². The van der Waals surface area contributed by atoms with Gasteiger partial charge in [0.05, 0.1) is 0 Å². The number of nitrogens with one attached hydrogen (secondary N) is 2. The number of aryl methyl sites for hydroxylation is 4. The maximum absolute atomic E-state index is 12.3. The molecular formula is C17H18N2O2. The third-order valence-corrected chi connectivity index (χ3v) is 3.81. The van der Waals surface area contributed by atoms with E-state index in [1.807, 2.05) is 32.0 Å². The van der Waals surface area contributed by atoms with Crippen molar-refractivity contribution >= 4 is 11.6 Å². The number of H-pyrrole nitrogens is 1. The summed E-state index contributed by atoms with van der Waals surface area (Å²) in [6.07, 6.45) is 2.85. The van der Waals surface area contributed by atoms with Crippen LogP contribution in [0.3, 0.4) is 0 Å². The maximum Gasteiger partial charge on any atom is 0.261 e. The van der Waals surface area contributed by atoms with Crippen molar-refractivity contribution in [3.8, 4) is 0 Å². The fourth-order valence-electron chi connectivity index (χ4n) is 2.93. The van der Waals surface area contributed by atoms with Crippen LogP contribution in [0.1, 0.15) is 39.2 Å². The molecule has 0 atom stereocenters. The molecule has 3 rings (SSSR count). The van der Waals surface area contributed by atoms with Gasteiger partial charge in [-0.3, -0.25) is 9.59 Å². The average molecular weight is 282 g/mol. The Labute approximate surface area is 123 Å². The first-order valence-corrected chi connectivity index (χ1v) is 7.17. The predicted octanol–water partition coefficient (Wildman–Crippen LogP) is 2.73. The van der Waals surface area contributed by atoms with Gasteiger partial charge in [-0.2, -0.15) is 0 Å². The largest absolute Gasteiger partial charge is 0.325 e. The van der Waals surface area contributed by atoms with Crippen molar-refractivity contribution in [1.82, 2.24) is 4.98 Å². The molecule has 1 aromatic heterocycles. The molecule has 0 saturated heterocycles. The maximum atomic E-state index is 12.3. The fraction of sp³-hybridized carbons (Fsp3) is 0.294. The summed E-state index contributed by atoms with van der Waals surface area (Å²) in [5.41, 5.74) is 4.81. The minimum Gasteiger partial charge on any atom is -0.325 e. The molecule has 0 bridgehead atoms. The number of hydrogen-bond donors (Lipinski definition) is 2. The van der Waals surface area contributed by atoms with E-state index >= 15 is 0 Å². The van der Waals surface area contributed by atoms with Crippen LogP contribution in [0.4, 0.5) is 5.69 Å². The summed E-state index contributed by atoms with van der Waals surface area (Å²) >= 11 is 0. The monoisotopic (exact) mass is 282 g/mol. The highest BCUT2D eigenvalue weighted by atomic mass is 16.2. The lowest BCUT2D eigenvalue weighted by Gasteiger charge is -2.08. The van der Waals surface area contributed by atoms with Crippen molar-refractivity contribution in [3.63, 3.8) is 0 Å². The van der Waals surface area contributed by atoms with E-state index in [4.69, 9.17) is 0 Å². The minimum absolute atomic E-state index is 0.190. The van der Waals surface area contributed by atoms with E-state index in [1.54, 1.807) is 6.07 Å². The van der Waals surface area contributed by atoms with Crippen molar-refractivity contribution in [3.05, 3.63) is 62.6 Å². The highest BCUT2D eigenvalue weighted by Crippen LogP contribution is 2.19. The van der Waals surface area contributed by atoms with Crippen LogP contribution >= 0.6 is 0 Å². The molecule has 0 spiro atoms. The van der Waals surface area contributed by atoms with Crippen LogP contribution in [-0.4, -0.2) is 10.9 Å². The Bertz CT molecular complexity index is 755. The van der Waals surface area contributed by atoms with E-state index in [2.05, 4.69) is 10.3 Å². The molecule has 1 aliphatic rings. The number of anilines is 1. The summed E-state index contributed by atoms with van der Waals surface area (Å²) < 4.78 is 0. The molecule has 108 valence electrons. The smallest absolute Gasteiger partial charge is 0.261 e. The number of carbonyl (C=O) groups is 1. The summed E-state index contributed by atoms with van der Waals surface area (Å²) in [7, 11) is 0. The molecule has 4 heteroatoms. The Balaban J connectivity index is 1.90. The molecule has 1 amide bonds. The van der Waals surface area contributed by atoms with Crippen molar-refractivity contribution in [2.45, 2.75) is 33.1 Å². The van der Waals surface area contributed by atoms with Crippen LogP contribution in [0.2, 0.25) is 0 Å². The molecule has 2 N–H and O–H groups in total. The molecule has 1 aromatic carbocycles. The molecule has 0 fully saturated rings. The zero-order valence-electron chi connectivity index (χ0n) is 12.2. The van der Waals surface area contributed by atoms with Gasteiger partial charge in [0.1, 0.15) is 5.56 Å². The zero-order valence-corrected chi connectivity index (χ0v) is 12.2. The summed E-state index contributed by atoms with van der Waals surface area (Å²) in [5.74, 6) is -0.351. The first kappa shape index (κ1) is 13.6. The summed E-state index contributed by atoms with van der Waals surface area (Å²) in [6.45, 7) is 3.95. The van der Waals surface area contributed by atoms with Crippen molar-refractivity contribution < 1.29 is 4.79 Å². The Morgan fingerprint density at radius 2 is 1.81 bits per heavy atom. The highest BCUT2D eigenvalue weighted by molar-refractivity contribution is 6.04. The van der Waals surface area contributed by atoms with Gasteiger partial charge in [-0.25, -0.2) is 0 Å². The lowest BCUT2D eigenvalue weighted by Crippen LogP contribution is -2.24. The van der Waals surface area contributed by atoms with Gasteiger partial charge in [-0.1, -0.05) is 6.07 Å². The van der Waals surface area contributed by atoms with Gasteiger partial charge >= 0.3 is 0 Å². The molecule has 0 aliphatic heterocycles. The first-order valence-electron chi connectivity index (χ1n) is 7.17. The van der Waals surface area contributed by atoms with E-state index in [0.29, 0.717) is 0 Å². The zero-order chi connectivity index (χ0) is 15.0. The lowest BCUT2D eigenvalue weighted by molar-refractivity contribution is 0.102. The van der Waals surface area contributed by atoms with Gasteiger partial charge in [0.25, 0.3) is 11.5 Å².